The molecular formula is C7H8O3. The van der Waals surface area contributed by atoms with Gasteiger partial charge in [0.2, 0.25) is 0 Å². The van der Waals surface area contributed by atoms with Gasteiger partial charge >= 0.3 is 5.97 Å². The third-order valence-electron chi connectivity index (χ3n) is 1.39. The van der Waals surface area contributed by atoms with Crippen LogP contribution in [0.5, 0.6) is 0 Å². The molecule has 0 bridgehead atoms. The van der Waals surface area contributed by atoms with Crippen molar-refractivity contribution in [2.24, 2.45) is 5.92 Å². The van der Waals surface area contributed by atoms with Gasteiger partial charge in [0.05, 0.1) is 0 Å². The van der Waals surface area contributed by atoms with E-state index in [4.69, 9.17) is 0 Å². The second kappa shape index (κ2) is 2.25. The normalized spacial score (nSPS) is 25.8. The van der Waals surface area contributed by atoms with Crippen molar-refractivity contribution in [2.45, 2.75) is 13.8 Å². The minimum atomic E-state index is -0.622. The molecule has 0 saturated heterocycles. The SMILES string of the molecule is CC1=CC(=O)C(C)C(=O)O1. The van der Waals surface area contributed by atoms with Crippen LogP contribution in [-0.4, -0.2) is 11.8 Å². The molecule has 1 heterocycles. The number of hydrogen-bond acceptors (Lipinski definition) is 3. The fourth-order valence-electron chi connectivity index (χ4n) is 0.718. The topological polar surface area (TPSA) is 43.4 Å². The molecule has 0 N–H and O–H groups in total. The molecule has 1 atom stereocenters. The van der Waals surface area contributed by atoms with Crippen molar-refractivity contribution < 1.29 is 14.3 Å². The summed E-state index contributed by atoms with van der Waals surface area (Å²) >= 11 is 0. The van der Waals surface area contributed by atoms with Gasteiger partial charge in [-0.1, -0.05) is 0 Å². The van der Waals surface area contributed by atoms with Gasteiger partial charge in [-0.2, -0.15) is 0 Å². The standard InChI is InChI=1S/C7H8O3/c1-4-3-6(8)5(2)7(9)10-4/h3,5H,1-2H3. The quantitative estimate of drug-likeness (QED) is 0.366. The van der Waals surface area contributed by atoms with Crippen molar-refractivity contribution in [1.29, 1.82) is 0 Å². The van der Waals surface area contributed by atoms with Crippen LogP contribution < -0.4 is 0 Å². The number of cyclic esters (lactones) is 1. The Morgan fingerprint density at radius 2 is 2.10 bits per heavy atom. The largest absolute Gasteiger partial charge is 0.431 e. The highest BCUT2D eigenvalue weighted by molar-refractivity contribution is 6.06. The maximum Gasteiger partial charge on any atom is 0.321 e. The average Bonchev–Trinajstić information content (AvgIpc) is 1.82. The van der Waals surface area contributed by atoms with E-state index >= 15 is 0 Å². The van der Waals surface area contributed by atoms with Crippen LogP contribution in [0.25, 0.3) is 0 Å². The predicted octanol–water partition coefficient (Wildman–Crippen LogP) is 0.652. The first-order chi connectivity index (χ1) is 4.61. The van der Waals surface area contributed by atoms with E-state index < -0.39 is 11.9 Å². The molecule has 1 aliphatic heterocycles. The highest BCUT2D eigenvalue weighted by Gasteiger charge is 2.26. The second-order valence-electron chi connectivity index (χ2n) is 2.30. The predicted molar refractivity (Wildman–Crippen MR) is 34.0 cm³/mol. The molecule has 1 aliphatic rings. The number of allylic oxidation sites excluding steroid dienone is 2. The van der Waals surface area contributed by atoms with Crippen LogP contribution in [0.2, 0.25) is 0 Å². The fraction of sp³-hybridized carbons (Fsp3) is 0.429. The third kappa shape index (κ3) is 1.07. The van der Waals surface area contributed by atoms with Crippen LogP contribution >= 0.6 is 0 Å². The number of esters is 1. The average molecular weight is 140 g/mol. The molecule has 0 amide bonds. The summed E-state index contributed by atoms with van der Waals surface area (Å²) in [6, 6.07) is 0. The first-order valence-corrected chi connectivity index (χ1v) is 3.05. The number of rotatable bonds is 0. The molecule has 3 nitrogen and oxygen atoms in total. The lowest BCUT2D eigenvalue weighted by atomic mass is 10.0. The van der Waals surface area contributed by atoms with Crippen molar-refractivity contribution in [2.75, 3.05) is 0 Å². The molecule has 3 heteroatoms. The summed E-state index contributed by atoms with van der Waals surface area (Å²) in [6.07, 6.45) is 1.34. The van der Waals surface area contributed by atoms with Gasteiger partial charge in [0.1, 0.15) is 11.7 Å². The first-order valence-electron chi connectivity index (χ1n) is 3.05. The van der Waals surface area contributed by atoms with E-state index in [0.29, 0.717) is 5.76 Å². The summed E-state index contributed by atoms with van der Waals surface area (Å²) in [6.45, 7) is 3.12. The molecule has 0 aromatic carbocycles. The van der Waals surface area contributed by atoms with E-state index in [1.165, 1.54) is 13.0 Å². The van der Waals surface area contributed by atoms with Gasteiger partial charge in [-0.3, -0.25) is 9.59 Å². The van der Waals surface area contributed by atoms with Crippen LogP contribution in [0.15, 0.2) is 11.8 Å². The monoisotopic (exact) mass is 140 g/mol. The zero-order valence-electron chi connectivity index (χ0n) is 5.88. The Morgan fingerprint density at radius 3 is 2.60 bits per heavy atom. The molecule has 0 saturated carbocycles. The minimum absolute atomic E-state index is 0.172. The third-order valence-corrected chi connectivity index (χ3v) is 1.39. The summed E-state index contributed by atoms with van der Waals surface area (Å²) in [5.74, 6) is -0.865. The van der Waals surface area contributed by atoms with Crippen LogP contribution in [0.1, 0.15) is 13.8 Å². The number of ether oxygens (including phenoxy) is 1. The van der Waals surface area contributed by atoms with Gasteiger partial charge in [0.25, 0.3) is 0 Å². The maximum atomic E-state index is 10.8. The minimum Gasteiger partial charge on any atom is -0.431 e. The van der Waals surface area contributed by atoms with Gasteiger partial charge in [-0.15, -0.1) is 0 Å². The smallest absolute Gasteiger partial charge is 0.321 e. The molecule has 1 unspecified atom stereocenters. The molecule has 0 aliphatic carbocycles. The lowest BCUT2D eigenvalue weighted by molar-refractivity contribution is -0.148. The Bertz CT molecular complexity index is 215. The lowest BCUT2D eigenvalue weighted by Gasteiger charge is -2.13. The van der Waals surface area contributed by atoms with Gasteiger partial charge in [-0.05, 0) is 13.8 Å². The van der Waals surface area contributed by atoms with E-state index in [2.05, 4.69) is 4.74 Å². The lowest BCUT2D eigenvalue weighted by Crippen LogP contribution is -2.25. The number of hydrogen-bond donors (Lipinski definition) is 0. The Morgan fingerprint density at radius 1 is 1.50 bits per heavy atom. The zero-order chi connectivity index (χ0) is 7.72. The van der Waals surface area contributed by atoms with Gasteiger partial charge < -0.3 is 4.74 Å². The van der Waals surface area contributed by atoms with Gasteiger partial charge in [0.15, 0.2) is 5.78 Å². The van der Waals surface area contributed by atoms with Crippen molar-refractivity contribution >= 4 is 11.8 Å². The summed E-state index contributed by atoms with van der Waals surface area (Å²) in [7, 11) is 0. The Balaban J connectivity index is 2.89. The molecule has 54 valence electrons. The van der Waals surface area contributed by atoms with Crippen LogP contribution in [0.3, 0.4) is 0 Å². The highest BCUT2D eigenvalue weighted by atomic mass is 16.5. The van der Waals surface area contributed by atoms with Gasteiger partial charge in [0, 0.05) is 6.08 Å². The molecule has 0 fully saturated rings. The van der Waals surface area contributed by atoms with Crippen molar-refractivity contribution in [3.63, 3.8) is 0 Å². The van der Waals surface area contributed by atoms with Crippen LogP contribution in [0, 0.1) is 5.92 Å². The van der Waals surface area contributed by atoms with E-state index in [9.17, 15) is 9.59 Å². The fourth-order valence-corrected chi connectivity index (χ4v) is 0.718. The molecule has 0 spiro atoms. The Labute approximate surface area is 58.7 Å². The van der Waals surface area contributed by atoms with Crippen molar-refractivity contribution in [3.05, 3.63) is 11.8 Å². The molecular weight excluding hydrogens is 132 g/mol. The Kier molecular flexibility index (Phi) is 1.57. The molecule has 0 radical (unpaired) electrons. The Hall–Kier alpha value is -1.12. The van der Waals surface area contributed by atoms with Crippen LogP contribution in [-0.2, 0) is 14.3 Å². The molecule has 1 rings (SSSR count). The van der Waals surface area contributed by atoms with E-state index in [0.717, 1.165) is 0 Å². The summed E-state index contributed by atoms with van der Waals surface area (Å²) < 4.78 is 4.67. The van der Waals surface area contributed by atoms with E-state index in [1.807, 2.05) is 0 Å². The molecule has 0 aromatic heterocycles. The number of carbonyl (C=O) groups is 2. The zero-order valence-corrected chi connectivity index (χ0v) is 5.88. The summed E-state index contributed by atoms with van der Waals surface area (Å²) in [4.78, 5) is 21.6. The van der Waals surface area contributed by atoms with Gasteiger partial charge in [-0.25, -0.2) is 0 Å². The summed E-state index contributed by atoms with van der Waals surface area (Å²) in [5, 5.41) is 0. The number of ketones is 1. The number of carbonyl (C=O) groups excluding carboxylic acids is 2. The summed E-state index contributed by atoms with van der Waals surface area (Å²) in [5.41, 5.74) is 0. The van der Waals surface area contributed by atoms with Crippen LogP contribution in [0.4, 0.5) is 0 Å². The maximum absolute atomic E-state index is 10.8. The van der Waals surface area contributed by atoms with Crippen molar-refractivity contribution in [3.8, 4) is 0 Å². The molecule has 0 aromatic rings. The van der Waals surface area contributed by atoms with E-state index in [1.54, 1.807) is 6.92 Å². The first kappa shape index (κ1) is 6.99. The van der Waals surface area contributed by atoms with E-state index in [-0.39, 0.29) is 5.78 Å². The second-order valence-corrected chi connectivity index (χ2v) is 2.30. The molecule has 10 heavy (non-hydrogen) atoms. The van der Waals surface area contributed by atoms with Crippen molar-refractivity contribution in [1.82, 2.24) is 0 Å². The highest BCUT2D eigenvalue weighted by Crippen LogP contribution is 2.12.